The summed E-state index contributed by atoms with van der Waals surface area (Å²) >= 11 is 2.85. The summed E-state index contributed by atoms with van der Waals surface area (Å²) < 4.78 is 30.7. The Kier molecular flexibility index (Phi) is 6.18. The van der Waals surface area contributed by atoms with Crippen LogP contribution in [0.3, 0.4) is 0 Å². The molecule has 114 valence electrons. The van der Waals surface area contributed by atoms with Gasteiger partial charge in [0, 0.05) is 10.5 Å². The Labute approximate surface area is 125 Å². The maximum atomic E-state index is 13.4. The van der Waals surface area contributed by atoms with E-state index in [-0.39, 0.29) is 10.2 Å². The van der Waals surface area contributed by atoms with Gasteiger partial charge in [0.15, 0.2) is 5.82 Å². The molecule has 0 aliphatic heterocycles. The first-order valence-corrected chi connectivity index (χ1v) is 6.14. The lowest BCUT2D eigenvalue weighted by Crippen LogP contribution is -2.37. The van der Waals surface area contributed by atoms with Crippen LogP contribution in [0, 0.1) is 11.6 Å². The molecular formula is C11H9BrF2N2O5. The minimum Gasteiger partial charge on any atom is -0.480 e. The van der Waals surface area contributed by atoms with Crippen LogP contribution in [0.25, 0.3) is 0 Å². The number of carboxylic acids is 1. The number of urea groups is 1. The average molecular weight is 367 g/mol. The second kappa shape index (κ2) is 7.64. The highest BCUT2D eigenvalue weighted by molar-refractivity contribution is 9.10. The molecule has 21 heavy (non-hydrogen) atoms. The van der Waals surface area contributed by atoms with Gasteiger partial charge in [-0.15, -0.1) is 0 Å². The van der Waals surface area contributed by atoms with E-state index in [9.17, 15) is 23.2 Å². The van der Waals surface area contributed by atoms with Crippen molar-refractivity contribution in [1.82, 2.24) is 5.32 Å². The number of hydrogen-bond donors (Lipinski definition) is 3. The molecule has 0 atom stereocenters. The number of carbonyl (C=O) groups is 3. The molecular weight excluding hydrogens is 358 g/mol. The number of anilines is 1. The number of nitrogens with one attached hydrogen (secondary N) is 2. The molecule has 0 spiro atoms. The van der Waals surface area contributed by atoms with Gasteiger partial charge in [0.25, 0.3) is 5.91 Å². The highest BCUT2D eigenvalue weighted by Crippen LogP contribution is 2.26. The molecule has 1 rings (SSSR count). The van der Waals surface area contributed by atoms with E-state index < -0.39 is 42.8 Å². The lowest BCUT2D eigenvalue weighted by molar-refractivity contribution is -0.143. The van der Waals surface area contributed by atoms with E-state index in [1.54, 1.807) is 5.32 Å². The number of benzene rings is 1. The standard InChI is InChI=1S/C11H9BrF2N2O5/c12-6-1-5(13)2-7(14)10(6)16-11(20)15-8(17)3-21-4-9(18)19/h1-2H,3-4H2,(H,18,19)(H2,15,16,17,20). The van der Waals surface area contributed by atoms with Crippen molar-refractivity contribution in [3.63, 3.8) is 0 Å². The van der Waals surface area contributed by atoms with E-state index in [4.69, 9.17) is 5.11 Å². The first-order chi connectivity index (χ1) is 9.79. The Morgan fingerprint density at radius 3 is 2.48 bits per heavy atom. The number of rotatable bonds is 5. The van der Waals surface area contributed by atoms with Gasteiger partial charge in [-0.2, -0.15) is 0 Å². The highest BCUT2D eigenvalue weighted by atomic mass is 79.9. The molecule has 1 aromatic carbocycles. The summed E-state index contributed by atoms with van der Waals surface area (Å²) in [4.78, 5) is 32.7. The Morgan fingerprint density at radius 1 is 1.24 bits per heavy atom. The van der Waals surface area contributed by atoms with Crippen molar-refractivity contribution in [3.8, 4) is 0 Å². The van der Waals surface area contributed by atoms with Gasteiger partial charge < -0.3 is 15.2 Å². The van der Waals surface area contributed by atoms with Gasteiger partial charge in [0.05, 0.1) is 5.69 Å². The van der Waals surface area contributed by atoms with Crippen LogP contribution >= 0.6 is 15.9 Å². The molecule has 0 fully saturated rings. The van der Waals surface area contributed by atoms with Crippen molar-refractivity contribution in [2.45, 2.75) is 0 Å². The molecule has 0 heterocycles. The number of aliphatic carboxylic acids is 1. The highest BCUT2D eigenvalue weighted by Gasteiger charge is 2.14. The van der Waals surface area contributed by atoms with Gasteiger partial charge in [-0.3, -0.25) is 10.1 Å². The van der Waals surface area contributed by atoms with E-state index in [0.29, 0.717) is 6.07 Å². The molecule has 0 aromatic heterocycles. The average Bonchev–Trinajstić information content (AvgIpc) is 2.33. The number of carboxylic acid groups (broad SMARTS) is 1. The largest absolute Gasteiger partial charge is 0.480 e. The second-order valence-electron chi connectivity index (χ2n) is 3.63. The number of carbonyl (C=O) groups excluding carboxylic acids is 2. The summed E-state index contributed by atoms with van der Waals surface area (Å²) in [6.45, 7) is -1.36. The predicted octanol–water partition coefficient (Wildman–Crippen LogP) is 1.48. The number of halogens is 3. The number of amides is 3. The quantitative estimate of drug-likeness (QED) is 0.731. The van der Waals surface area contributed by atoms with Gasteiger partial charge in [-0.05, 0) is 22.0 Å². The second-order valence-corrected chi connectivity index (χ2v) is 4.49. The fraction of sp³-hybridized carbons (Fsp3) is 0.182. The van der Waals surface area contributed by atoms with Gasteiger partial charge in [-0.1, -0.05) is 0 Å². The van der Waals surface area contributed by atoms with Crippen molar-refractivity contribution >= 4 is 39.5 Å². The van der Waals surface area contributed by atoms with Crippen LogP contribution in [0.15, 0.2) is 16.6 Å². The van der Waals surface area contributed by atoms with Crippen LogP contribution < -0.4 is 10.6 Å². The summed E-state index contributed by atoms with van der Waals surface area (Å²) in [5.74, 6) is -4.08. The Bertz CT molecular complexity index is 559. The predicted molar refractivity (Wildman–Crippen MR) is 69.7 cm³/mol. The van der Waals surface area contributed by atoms with Gasteiger partial charge in [0.2, 0.25) is 0 Å². The van der Waals surface area contributed by atoms with E-state index in [1.165, 1.54) is 0 Å². The van der Waals surface area contributed by atoms with Gasteiger partial charge in [0.1, 0.15) is 19.0 Å². The topological polar surface area (TPSA) is 105 Å². The molecule has 0 bridgehead atoms. The molecule has 0 aliphatic carbocycles. The Hall–Kier alpha value is -2.07. The van der Waals surface area contributed by atoms with Crippen molar-refractivity contribution in [2.24, 2.45) is 0 Å². The molecule has 10 heteroatoms. The number of imide groups is 1. The SMILES string of the molecule is O=C(O)COCC(=O)NC(=O)Nc1c(F)cc(F)cc1Br. The van der Waals surface area contributed by atoms with E-state index >= 15 is 0 Å². The number of ether oxygens (including phenoxy) is 1. The van der Waals surface area contributed by atoms with Crippen LogP contribution in [0.2, 0.25) is 0 Å². The Balaban J connectivity index is 2.54. The molecule has 0 radical (unpaired) electrons. The van der Waals surface area contributed by atoms with Crippen molar-refractivity contribution < 1.29 is 33.0 Å². The summed E-state index contributed by atoms with van der Waals surface area (Å²) in [5, 5.41) is 12.1. The zero-order valence-corrected chi connectivity index (χ0v) is 11.9. The van der Waals surface area contributed by atoms with Gasteiger partial charge in [-0.25, -0.2) is 18.4 Å². The molecule has 7 nitrogen and oxygen atoms in total. The van der Waals surface area contributed by atoms with Crippen molar-refractivity contribution in [1.29, 1.82) is 0 Å². The molecule has 3 N–H and O–H groups in total. The Morgan fingerprint density at radius 2 is 1.90 bits per heavy atom. The van der Waals surface area contributed by atoms with Crippen LogP contribution in [0.5, 0.6) is 0 Å². The number of hydrogen-bond acceptors (Lipinski definition) is 4. The normalized spacial score (nSPS) is 10.0. The van der Waals surface area contributed by atoms with E-state index in [2.05, 4.69) is 20.7 Å². The fourth-order valence-corrected chi connectivity index (χ4v) is 1.71. The first-order valence-electron chi connectivity index (χ1n) is 5.34. The zero-order valence-electron chi connectivity index (χ0n) is 10.3. The fourth-order valence-electron chi connectivity index (χ4n) is 1.20. The lowest BCUT2D eigenvalue weighted by Gasteiger charge is -2.09. The molecule has 0 saturated heterocycles. The monoisotopic (exact) mass is 366 g/mol. The minimum atomic E-state index is -1.27. The molecule has 0 unspecified atom stereocenters. The summed E-state index contributed by atoms with van der Waals surface area (Å²) in [7, 11) is 0. The molecule has 1 aromatic rings. The van der Waals surface area contributed by atoms with Crippen molar-refractivity contribution in [3.05, 3.63) is 28.2 Å². The third kappa shape index (κ3) is 5.83. The van der Waals surface area contributed by atoms with E-state index in [1.807, 2.05) is 5.32 Å². The smallest absolute Gasteiger partial charge is 0.329 e. The van der Waals surface area contributed by atoms with Gasteiger partial charge >= 0.3 is 12.0 Å². The lowest BCUT2D eigenvalue weighted by atomic mass is 10.3. The molecule has 3 amide bonds. The summed E-state index contributed by atoms with van der Waals surface area (Å²) in [6, 6.07) is 0.402. The molecule has 0 aliphatic rings. The maximum absolute atomic E-state index is 13.4. The third-order valence-electron chi connectivity index (χ3n) is 1.96. The summed E-state index contributed by atoms with van der Waals surface area (Å²) in [5.41, 5.74) is -0.354. The van der Waals surface area contributed by atoms with Crippen LogP contribution in [-0.4, -0.2) is 36.2 Å². The van der Waals surface area contributed by atoms with Crippen LogP contribution in [0.1, 0.15) is 0 Å². The van der Waals surface area contributed by atoms with Crippen LogP contribution in [-0.2, 0) is 14.3 Å². The van der Waals surface area contributed by atoms with Crippen molar-refractivity contribution in [2.75, 3.05) is 18.5 Å². The van der Waals surface area contributed by atoms with E-state index in [0.717, 1.165) is 6.07 Å². The maximum Gasteiger partial charge on any atom is 0.329 e. The first kappa shape index (κ1) is 17.0. The third-order valence-corrected chi connectivity index (χ3v) is 2.58. The summed E-state index contributed by atoms with van der Waals surface area (Å²) in [6.07, 6.45) is 0. The zero-order chi connectivity index (χ0) is 16.0. The molecule has 0 saturated carbocycles. The van der Waals surface area contributed by atoms with Crippen LogP contribution in [0.4, 0.5) is 19.3 Å². The minimum absolute atomic E-state index is 0.0512.